The summed E-state index contributed by atoms with van der Waals surface area (Å²) in [4.78, 5) is 0. The molecule has 0 aliphatic heterocycles. The van der Waals surface area contributed by atoms with Gasteiger partial charge in [0.2, 0.25) is 0 Å². The van der Waals surface area contributed by atoms with Crippen molar-refractivity contribution in [2.24, 2.45) is 0 Å². The van der Waals surface area contributed by atoms with E-state index in [1.54, 1.807) is 0 Å². The molecule has 1 heterocycles. The number of benzene rings is 1. The van der Waals surface area contributed by atoms with E-state index < -0.39 is 12.6 Å². The van der Waals surface area contributed by atoms with Gasteiger partial charge in [-0.1, -0.05) is 30.3 Å². The zero-order valence-electron chi connectivity index (χ0n) is 10.7. The first-order valence-electron chi connectivity index (χ1n) is 6.29. The number of rotatable bonds is 6. The Morgan fingerprint density at radius 2 is 1.85 bits per heavy atom. The Bertz CT molecular complexity index is 522. The van der Waals surface area contributed by atoms with Gasteiger partial charge in [0.05, 0.1) is 0 Å². The summed E-state index contributed by atoms with van der Waals surface area (Å²) in [5, 5.41) is 13.6. The summed E-state index contributed by atoms with van der Waals surface area (Å²) < 4.78 is 36.0. The highest BCUT2D eigenvalue weighted by Gasteiger charge is 2.25. The van der Waals surface area contributed by atoms with Crippen LogP contribution < -0.4 is 5.32 Å². The minimum Gasteiger partial charge on any atom is -0.311 e. The van der Waals surface area contributed by atoms with Crippen LogP contribution in [0.4, 0.5) is 13.2 Å². The first kappa shape index (κ1) is 14.5. The molecule has 0 radical (unpaired) electrons. The smallest absolute Gasteiger partial charge is 0.311 e. The standard InChI is InChI=1S/C13H15F3N4/c14-13(15,16)7-4-8-17-9-11-12(19-20-18-11)10-5-2-1-3-6-10/h1-3,5-6,17H,4,7-9H2,(H,18,19,20). The molecular weight excluding hydrogens is 269 g/mol. The number of hydrogen-bond donors (Lipinski definition) is 2. The van der Waals surface area contributed by atoms with E-state index in [-0.39, 0.29) is 6.42 Å². The first-order valence-corrected chi connectivity index (χ1v) is 6.29. The monoisotopic (exact) mass is 284 g/mol. The fraction of sp³-hybridized carbons (Fsp3) is 0.385. The number of H-pyrrole nitrogens is 1. The Balaban J connectivity index is 1.84. The number of alkyl halides is 3. The van der Waals surface area contributed by atoms with Crippen molar-refractivity contribution in [3.63, 3.8) is 0 Å². The highest BCUT2D eigenvalue weighted by Crippen LogP contribution is 2.21. The first-order chi connectivity index (χ1) is 9.56. The van der Waals surface area contributed by atoms with Gasteiger partial charge in [0.15, 0.2) is 0 Å². The summed E-state index contributed by atoms with van der Waals surface area (Å²) in [5.41, 5.74) is 2.34. The van der Waals surface area contributed by atoms with E-state index in [0.29, 0.717) is 24.5 Å². The van der Waals surface area contributed by atoms with E-state index in [1.807, 2.05) is 30.3 Å². The zero-order valence-corrected chi connectivity index (χ0v) is 10.7. The Kier molecular flexibility index (Phi) is 4.73. The van der Waals surface area contributed by atoms with Crippen LogP contribution in [0.3, 0.4) is 0 Å². The second-order valence-electron chi connectivity index (χ2n) is 4.38. The van der Waals surface area contributed by atoms with Gasteiger partial charge in [-0.3, -0.25) is 0 Å². The molecule has 2 aromatic rings. The minimum atomic E-state index is -4.09. The molecule has 0 saturated heterocycles. The highest BCUT2D eigenvalue weighted by atomic mass is 19.4. The molecule has 0 saturated carbocycles. The minimum absolute atomic E-state index is 0.0576. The van der Waals surface area contributed by atoms with Gasteiger partial charge in [-0.05, 0) is 13.0 Å². The molecule has 108 valence electrons. The van der Waals surface area contributed by atoms with Gasteiger partial charge >= 0.3 is 6.18 Å². The molecule has 0 bridgehead atoms. The van der Waals surface area contributed by atoms with Crippen LogP contribution in [0.1, 0.15) is 18.5 Å². The van der Waals surface area contributed by atoms with Gasteiger partial charge in [-0.2, -0.15) is 28.6 Å². The average molecular weight is 284 g/mol. The van der Waals surface area contributed by atoms with E-state index in [0.717, 1.165) is 5.56 Å². The number of aromatic nitrogens is 3. The lowest BCUT2D eigenvalue weighted by Crippen LogP contribution is -2.18. The Morgan fingerprint density at radius 3 is 2.55 bits per heavy atom. The molecule has 1 aromatic heterocycles. The van der Waals surface area contributed by atoms with Crippen molar-refractivity contribution >= 4 is 0 Å². The van der Waals surface area contributed by atoms with Gasteiger partial charge in [0.25, 0.3) is 0 Å². The SMILES string of the molecule is FC(F)(F)CCCNCc1n[nH]nc1-c1ccccc1. The predicted octanol–water partition coefficient (Wildman–Crippen LogP) is 2.90. The molecule has 0 aliphatic rings. The Labute approximate surface area is 114 Å². The molecule has 20 heavy (non-hydrogen) atoms. The third kappa shape index (κ3) is 4.34. The molecule has 0 atom stereocenters. The van der Waals surface area contributed by atoms with Crippen LogP contribution >= 0.6 is 0 Å². The van der Waals surface area contributed by atoms with Crippen LogP contribution in [0, 0.1) is 0 Å². The topological polar surface area (TPSA) is 53.6 Å². The number of halogens is 3. The van der Waals surface area contributed by atoms with Gasteiger partial charge in [-0.15, -0.1) is 0 Å². The third-order valence-electron chi connectivity index (χ3n) is 2.77. The van der Waals surface area contributed by atoms with Gasteiger partial charge in [-0.25, -0.2) is 0 Å². The number of nitrogens with one attached hydrogen (secondary N) is 2. The van der Waals surface area contributed by atoms with E-state index in [9.17, 15) is 13.2 Å². The lowest BCUT2D eigenvalue weighted by Gasteiger charge is -2.06. The fourth-order valence-corrected chi connectivity index (χ4v) is 1.82. The van der Waals surface area contributed by atoms with Crippen LogP contribution in [0.15, 0.2) is 30.3 Å². The normalized spacial score (nSPS) is 11.8. The van der Waals surface area contributed by atoms with Crippen molar-refractivity contribution in [1.29, 1.82) is 0 Å². The van der Waals surface area contributed by atoms with Crippen molar-refractivity contribution in [3.05, 3.63) is 36.0 Å². The second-order valence-corrected chi connectivity index (χ2v) is 4.38. The number of nitrogens with zero attached hydrogens (tertiary/aromatic N) is 2. The second kappa shape index (κ2) is 6.51. The summed E-state index contributed by atoms with van der Waals surface area (Å²) in [6.45, 7) is 0.680. The van der Waals surface area contributed by atoms with E-state index in [1.165, 1.54) is 0 Å². The maximum atomic E-state index is 12.0. The van der Waals surface area contributed by atoms with Crippen LogP contribution in [-0.4, -0.2) is 28.1 Å². The molecular formula is C13H15F3N4. The summed E-state index contributed by atoms with van der Waals surface area (Å²) in [5.74, 6) is 0. The summed E-state index contributed by atoms with van der Waals surface area (Å²) >= 11 is 0. The van der Waals surface area contributed by atoms with Gasteiger partial charge in [0.1, 0.15) is 11.4 Å². The average Bonchev–Trinajstić information content (AvgIpc) is 2.86. The molecule has 7 heteroatoms. The Hall–Kier alpha value is -1.89. The van der Waals surface area contributed by atoms with E-state index >= 15 is 0 Å². The summed E-state index contributed by atoms with van der Waals surface area (Å²) in [6, 6.07) is 9.50. The lowest BCUT2D eigenvalue weighted by atomic mass is 10.1. The van der Waals surface area contributed by atoms with Gasteiger partial charge < -0.3 is 5.32 Å². The van der Waals surface area contributed by atoms with Crippen LogP contribution in [0.25, 0.3) is 11.3 Å². The van der Waals surface area contributed by atoms with E-state index in [2.05, 4.69) is 20.7 Å². The van der Waals surface area contributed by atoms with Crippen LogP contribution in [0.5, 0.6) is 0 Å². The summed E-state index contributed by atoms with van der Waals surface area (Å²) in [7, 11) is 0. The van der Waals surface area contributed by atoms with Crippen molar-refractivity contribution in [2.75, 3.05) is 6.54 Å². The van der Waals surface area contributed by atoms with Crippen molar-refractivity contribution in [2.45, 2.75) is 25.6 Å². The highest BCUT2D eigenvalue weighted by molar-refractivity contribution is 5.60. The van der Waals surface area contributed by atoms with E-state index in [4.69, 9.17) is 0 Å². The number of aromatic amines is 1. The maximum Gasteiger partial charge on any atom is 0.389 e. The fourth-order valence-electron chi connectivity index (χ4n) is 1.82. The predicted molar refractivity (Wildman–Crippen MR) is 68.8 cm³/mol. The molecule has 0 fully saturated rings. The van der Waals surface area contributed by atoms with Gasteiger partial charge in [0, 0.05) is 18.5 Å². The van der Waals surface area contributed by atoms with Crippen molar-refractivity contribution in [3.8, 4) is 11.3 Å². The zero-order chi connectivity index (χ0) is 14.4. The lowest BCUT2D eigenvalue weighted by molar-refractivity contribution is -0.135. The molecule has 0 unspecified atom stereocenters. The molecule has 2 rings (SSSR count). The molecule has 0 aliphatic carbocycles. The quantitative estimate of drug-likeness (QED) is 0.802. The van der Waals surface area contributed by atoms with Crippen molar-refractivity contribution < 1.29 is 13.2 Å². The van der Waals surface area contributed by atoms with Crippen LogP contribution in [0.2, 0.25) is 0 Å². The van der Waals surface area contributed by atoms with Crippen LogP contribution in [-0.2, 0) is 6.54 Å². The summed E-state index contributed by atoms with van der Waals surface area (Å²) in [6.07, 6.45) is -4.81. The molecule has 1 aromatic carbocycles. The Morgan fingerprint density at radius 1 is 1.10 bits per heavy atom. The van der Waals surface area contributed by atoms with Crippen molar-refractivity contribution in [1.82, 2.24) is 20.7 Å². The third-order valence-corrected chi connectivity index (χ3v) is 2.77. The molecule has 4 nitrogen and oxygen atoms in total. The maximum absolute atomic E-state index is 12.0. The molecule has 0 amide bonds. The molecule has 0 spiro atoms. The molecule has 2 N–H and O–H groups in total. The number of hydrogen-bond acceptors (Lipinski definition) is 3. The largest absolute Gasteiger partial charge is 0.389 e.